The minimum atomic E-state index is -0.0414. The monoisotopic (exact) mass is 341 g/mol. The maximum atomic E-state index is 12.7. The number of ether oxygens (including phenoxy) is 1. The first kappa shape index (κ1) is 16.1. The molecule has 2 aliphatic heterocycles. The Morgan fingerprint density at radius 2 is 2.20 bits per heavy atom. The molecule has 0 radical (unpaired) electrons. The molecule has 0 unspecified atom stereocenters. The van der Waals surface area contributed by atoms with Gasteiger partial charge in [0.2, 0.25) is 0 Å². The Morgan fingerprint density at radius 3 is 3.00 bits per heavy atom. The zero-order valence-electron chi connectivity index (χ0n) is 14.2. The molecule has 2 saturated heterocycles. The first-order chi connectivity index (χ1) is 12.3. The van der Waals surface area contributed by atoms with E-state index in [1.807, 2.05) is 17.2 Å². The second-order valence-electron chi connectivity index (χ2n) is 6.99. The third-order valence-corrected chi connectivity index (χ3v) is 5.13. The standard InChI is InChI=1S/C18H23N5O2/c24-17(16-4-7-20-21-16)23-8-2-5-18(13-23)12-22(9-10-25-14-18)15-3-1-6-19-11-15/h1,3-4,6-7,11H,2,5,8-10,12-14H2,(H,20,21)/t18-/m0/s1. The van der Waals surface area contributed by atoms with E-state index in [0.29, 0.717) is 25.5 Å². The lowest BCUT2D eigenvalue weighted by Gasteiger charge is -2.43. The van der Waals surface area contributed by atoms with Crippen LogP contribution in [0.15, 0.2) is 36.8 Å². The lowest BCUT2D eigenvalue weighted by molar-refractivity contribution is 0.0133. The van der Waals surface area contributed by atoms with E-state index >= 15 is 0 Å². The van der Waals surface area contributed by atoms with Gasteiger partial charge in [0.1, 0.15) is 5.69 Å². The fourth-order valence-electron chi connectivity index (χ4n) is 3.93. The molecule has 7 nitrogen and oxygen atoms in total. The first-order valence-corrected chi connectivity index (χ1v) is 8.77. The molecule has 2 aliphatic rings. The highest BCUT2D eigenvalue weighted by molar-refractivity contribution is 5.92. The number of carbonyl (C=O) groups excluding carboxylic acids is 1. The fourth-order valence-corrected chi connectivity index (χ4v) is 3.93. The number of rotatable bonds is 2. The Kier molecular flexibility index (Phi) is 4.40. The fraction of sp³-hybridized carbons (Fsp3) is 0.500. The molecule has 0 bridgehead atoms. The number of piperidine rings is 1. The minimum absolute atomic E-state index is 0.0220. The normalized spacial score (nSPS) is 24.3. The van der Waals surface area contributed by atoms with Crippen molar-refractivity contribution < 1.29 is 9.53 Å². The van der Waals surface area contributed by atoms with Crippen molar-refractivity contribution in [1.29, 1.82) is 0 Å². The molecule has 0 saturated carbocycles. The summed E-state index contributed by atoms with van der Waals surface area (Å²) in [5, 5.41) is 6.68. The van der Waals surface area contributed by atoms with Crippen LogP contribution in [-0.2, 0) is 4.74 Å². The van der Waals surface area contributed by atoms with Crippen molar-refractivity contribution in [3.63, 3.8) is 0 Å². The Hall–Kier alpha value is -2.41. The summed E-state index contributed by atoms with van der Waals surface area (Å²) in [5.74, 6) is 0.0220. The van der Waals surface area contributed by atoms with E-state index in [4.69, 9.17) is 4.74 Å². The lowest BCUT2D eigenvalue weighted by atomic mass is 9.80. The van der Waals surface area contributed by atoms with Crippen molar-refractivity contribution >= 4 is 11.6 Å². The molecule has 4 rings (SSSR count). The van der Waals surface area contributed by atoms with Crippen LogP contribution in [0.25, 0.3) is 0 Å². The van der Waals surface area contributed by atoms with Gasteiger partial charge in [0.15, 0.2) is 0 Å². The number of carbonyl (C=O) groups is 1. The lowest BCUT2D eigenvalue weighted by Crippen LogP contribution is -2.52. The number of aromatic nitrogens is 3. The van der Waals surface area contributed by atoms with Gasteiger partial charge in [-0.3, -0.25) is 14.9 Å². The number of nitrogens with one attached hydrogen (secondary N) is 1. The molecule has 0 aromatic carbocycles. The van der Waals surface area contributed by atoms with Crippen molar-refractivity contribution in [3.8, 4) is 0 Å². The average Bonchev–Trinajstić information content (AvgIpc) is 3.12. The molecule has 1 N–H and O–H groups in total. The van der Waals surface area contributed by atoms with Gasteiger partial charge in [-0.1, -0.05) is 0 Å². The topological polar surface area (TPSA) is 74.3 Å². The molecule has 0 aliphatic carbocycles. The number of H-pyrrole nitrogens is 1. The summed E-state index contributed by atoms with van der Waals surface area (Å²) in [4.78, 5) is 21.2. The summed E-state index contributed by atoms with van der Waals surface area (Å²) in [6, 6.07) is 5.78. The van der Waals surface area contributed by atoms with E-state index in [2.05, 4.69) is 26.1 Å². The number of nitrogens with zero attached hydrogens (tertiary/aromatic N) is 4. The zero-order chi connectivity index (χ0) is 17.1. The summed E-state index contributed by atoms with van der Waals surface area (Å²) in [5.41, 5.74) is 1.63. The molecule has 2 aromatic heterocycles. The van der Waals surface area contributed by atoms with E-state index in [0.717, 1.165) is 38.2 Å². The number of aromatic amines is 1. The van der Waals surface area contributed by atoms with E-state index < -0.39 is 0 Å². The highest BCUT2D eigenvalue weighted by Gasteiger charge is 2.40. The van der Waals surface area contributed by atoms with Gasteiger partial charge >= 0.3 is 0 Å². The van der Waals surface area contributed by atoms with Crippen LogP contribution in [0.3, 0.4) is 0 Å². The van der Waals surface area contributed by atoms with Crippen molar-refractivity contribution in [3.05, 3.63) is 42.5 Å². The smallest absolute Gasteiger partial charge is 0.271 e. The minimum Gasteiger partial charge on any atom is -0.379 e. The summed E-state index contributed by atoms with van der Waals surface area (Å²) >= 11 is 0. The first-order valence-electron chi connectivity index (χ1n) is 8.77. The second-order valence-corrected chi connectivity index (χ2v) is 6.99. The van der Waals surface area contributed by atoms with Crippen LogP contribution in [0.2, 0.25) is 0 Å². The third kappa shape index (κ3) is 3.37. The number of hydrogen-bond donors (Lipinski definition) is 1. The maximum Gasteiger partial charge on any atom is 0.271 e. The number of pyridine rings is 1. The number of amides is 1. The number of anilines is 1. The van der Waals surface area contributed by atoms with Gasteiger partial charge in [-0.15, -0.1) is 0 Å². The van der Waals surface area contributed by atoms with Crippen molar-refractivity contribution in [2.45, 2.75) is 12.8 Å². The Bertz CT molecular complexity index is 706. The van der Waals surface area contributed by atoms with Crippen LogP contribution < -0.4 is 4.90 Å². The Morgan fingerprint density at radius 1 is 1.24 bits per heavy atom. The molecule has 7 heteroatoms. The predicted octanol–water partition coefficient (Wildman–Crippen LogP) is 1.56. The van der Waals surface area contributed by atoms with Crippen LogP contribution in [-0.4, -0.2) is 65.4 Å². The van der Waals surface area contributed by atoms with E-state index in [9.17, 15) is 4.79 Å². The SMILES string of the molecule is O=C(c1ccn[nH]1)N1CCC[C@@]2(COCCN(c3cccnc3)C2)C1. The van der Waals surface area contributed by atoms with E-state index in [1.165, 1.54) is 0 Å². The van der Waals surface area contributed by atoms with E-state index in [1.54, 1.807) is 18.5 Å². The van der Waals surface area contributed by atoms with Crippen molar-refractivity contribution in [1.82, 2.24) is 20.1 Å². The molecule has 1 spiro atoms. The molecule has 25 heavy (non-hydrogen) atoms. The Labute approximate surface area is 147 Å². The molecular formula is C18H23N5O2. The van der Waals surface area contributed by atoms with Crippen LogP contribution >= 0.6 is 0 Å². The summed E-state index contributed by atoms with van der Waals surface area (Å²) in [6.45, 7) is 4.61. The predicted molar refractivity (Wildman–Crippen MR) is 93.4 cm³/mol. The van der Waals surface area contributed by atoms with Gasteiger partial charge in [0, 0.05) is 44.0 Å². The van der Waals surface area contributed by atoms with Gasteiger partial charge in [0.25, 0.3) is 5.91 Å². The van der Waals surface area contributed by atoms with E-state index in [-0.39, 0.29) is 11.3 Å². The van der Waals surface area contributed by atoms with Gasteiger partial charge < -0.3 is 14.5 Å². The van der Waals surface area contributed by atoms with Gasteiger partial charge in [0.05, 0.1) is 25.1 Å². The van der Waals surface area contributed by atoms with Crippen molar-refractivity contribution in [2.24, 2.45) is 5.41 Å². The highest BCUT2D eigenvalue weighted by atomic mass is 16.5. The average molecular weight is 341 g/mol. The summed E-state index contributed by atoms with van der Waals surface area (Å²) < 4.78 is 5.94. The molecular weight excluding hydrogens is 318 g/mol. The van der Waals surface area contributed by atoms with Crippen LogP contribution in [0, 0.1) is 5.41 Å². The van der Waals surface area contributed by atoms with Crippen LogP contribution in [0.1, 0.15) is 23.3 Å². The van der Waals surface area contributed by atoms with Crippen molar-refractivity contribution in [2.75, 3.05) is 44.3 Å². The number of hydrogen-bond acceptors (Lipinski definition) is 5. The second kappa shape index (κ2) is 6.84. The van der Waals surface area contributed by atoms with Gasteiger partial charge in [-0.2, -0.15) is 5.10 Å². The molecule has 1 atom stereocenters. The summed E-state index contributed by atoms with van der Waals surface area (Å²) in [7, 11) is 0. The molecule has 1 amide bonds. The zero-order valence-corrected chi connectivity index (χ0v) is 14.2. The third-order valence-electron chi connectivity index (χ3n) is 5.13. The molecule has 4 heterocycles. The maximum absolute atomic E-state index is 12.7. The molecule has 132 valence electrons. The Balaban J connectivity index is 1.53. The van der Waals surface area contributed by atoms with Gasteiger partial charge in [-0.25, -0.2) is 0 Å². The van der Waals surface area contributed by atoms with Crippen LogP contribution in [0.4, 0.5) is 5.69 Å². The highest BCUT2D eigenvalue weighted by Crippen LogP contribution is 2.34. The van der Waals surface area contributed by atoms with Gasteiger partial charge in [-0.05, 0) is 31.0 Å². The quantitative estimate of drug-likeness (QED) is 0.897. The largest absolute Gasteiger partial charge is 0.379 e. The molecule has 2 aromatic rings. The number of likely N-dealkylation sites (tertiary alicyclic amines) is 1. The molecule has 2 fully saturated rings. The van der Waals surface area contributed by atoms with Crippen LogP contribution in [0.5, 0.6) is 0 Å². The summed E-state index contributed by atoms with van der Waals surface area (Å²) in [6.07, 6.45) is 7.36.